The Hall–Kier alpha value is -2.20. The number of aliphatic carboxylic acids is 1. The molecule has 0 aromatic rings. The van der Waals surface area contributed by atoms with Crippen LogP contribution >= 0.6 is 0 Å². The van der Waals surface area contributed by atoms with Crippen molar-refractivity contribution < 1.29 is 24.3 Å². The summed E-state index contributed by atoms with van der Waals surface area (Å²) in [6.07, 6.45) is 1.22. The van der Waals surface area contributed by atoms with E-state index in [-0.39, 0.29) is 12.8 Å². The highest BCUT2D eigenvalue weighted by Crippen LogP contribution is 2.04. The molecule has 10 heteroatoms. The van der Waals surface area contributed by atoms with Gasteiger partial charge in [-0.05, 0) is 39.2 Å². The lowest BCUT2D eigenvalue weighted by molar-refractivity contribution is -0.142. The Morgan fingerprint density at radius 3 is 2.04 bits per heavy atom. The molecule has 0 heterocycles. The molecule has 0 aromatic heterocycles. The maximum atomic E-state index is 12.3. The van der Waals surface area contributed by atoms with Gasteiger partial charge in [0, 0.05) is 6.42 Å². The van der Waals surface area contributed by atoms with Crippen molar-refractivity contribution in [3.8, 4) is 0 Å². The fraction of sp³-hybridized carbons (Fsp3) is 0.714. The summed E-state index contributed by atoms with van der Waals surface area (Å²) in [5.41, 5.74) is 15.8. The van der Waals surface area contributed by atoms with E-state index in [9.17, 15) is 19.2 Å². The molecule has 0 saturated carbocycles. The molecular formula is C14H27N5O5. The normalized spacial score (nSPS) is 14.3. The number of hydrogen-bond donors (Lipinski definition) is 6. The molecule has 10 nitrogen and oxygen atoms in total. The molecule has 0 bridgehead atoms. The van der Waals surface area contributed by atoms with Crippen LogP contribution in [0.25, 0.3) is 0 Å². The SMILES string of the molecule is C[C@H](N)C(=O)N[C@@H](CCCCN)C(=O)N[C@@H](CCC(N)=O)C(=O)O. The van der Waals surface area contributed by atoms with Gasteiger partial charge >= 0.3 is 5.97 Å². The van der Waals surface area contributed by atoms with Crippen LogP contribution in [0.2, 0.25) is 0 Å². The molecule has 3 amide bonds. The highest BCUT2D eigenvalue weighted by molar-refractivity contribution is 5.91. The Morgan fingerprint density at radius 2 is 1.58 bits per heavy atom. The first-order valence-corrected chi connectivity index (χ1v) is 7.76. The number of primary amides is 1. The lowest BCUT2D eigenvalue weighted by Crippen LogP contribution is -2.54. The number of nitrogens with one attached hydrogen (secondary N) is 2. The van der Waals surface area contributed by atoms with Crippen molar-refractivity contribution in [3.63, 3.8) is 0 Å². The van der Waals surface area contributed by atoms with Gasteiger partial charge in [0.25, 0.3) is 0 Å². The summed E-state index contributed by atoms with van der Waals surface area (Å²) in [4.78, 5) is 45.9. The van der Waals surface area contributed by atoms with E-state index < -0.39 is 41.8 Å². The average molecular weight is 345 g/mol. The van der Waals surface area contributed by atoms with Gasteiger partial charge in [-0.25, -0.2) is 4.79 Å². The van der Waals surface area contributed by atoms with Crippen molar-refractivity contribution in [2.45, 2.75) is 57.2 Å². The summed E-state index contributed by atoms with van der Waals surface area (Å²) in [7, 11) is 0. The fourth-order valence-electron chi connectivity index (χ4n) is 1.88. The summed E-state index contributed by atoms with van der Waals surface area (Å²) in [5, 5.41) is 13.9. The van der Waals surface area contributed by atoms with Gasteiger partial charge in [0.15, 0.2) is 0 Å². The van der Waals surface area contributed by atoms with E-state index in [0.29, 0.717) is 25.8 Å². The maximum absolute atomic E-state index is 12.3. The van der Waals surface area contributed by atoms with Crippen LogP contribution in [-0.4, -0.2) is 53.5 Å². The topological polar surface area (TPSA) is 191 Å². The van der Waals surface area contributed by atoms with E-state index >= 15 is 0 Å². The van der Waals surface area contributed by atoms with Gasteiger partial charge in [0.05, 0.1) is 6.04 Å². The zero-order valence-electron chi connectivity index (χ0n) is 13.8. The number of hydrogen-bond acceptors (Lipinski definition) is 6. The molecule has 0 radical (unpaired) electrons. The standard InChI is InChI=1S/C14H27N5O5/c1-8(16)12(21)18-9(4-2-3-7-15)13(22)19-10(14(23)24)5-6-11(17)20/h8-10H,2-7,15-16H2,1H3,(H2,17,20)(H,18,21)(H,19,22)(H,23,24)/t8-,9-,10-/m0/s1. The monoisotopic (exact) mass is 345 g/mol. The van der Waals surface area contributed by atoms with Gasteiger partial charge in [-0.15, -0.1) is 0 Å². The molecule has 0 spiro atoms. The second-order valence-electron chi connectivity index (χ2n) is 5.54. The number of rotatable bonds is 12. The predicted molar refractivity (Wildman–Crippen MR) is 86.5 cm³/mol. The molecule has 0 aromatic carbocycles. The molecule has 0 aliphatic rings. The van der Waals surface area contributed by atoms with Gasteiger partial charge in [-0.2, -0.15) is 0 Å². The van der Waals surface area contributed by atoms with Crippen LogP contribution in [0.4, 0.5) is 0 Å². The Morgan fingerprint density at radius 1 is 1.00 bits per heavy atom. The van der Waals surface area contributed by atoms with Crippen LogP contribution in [0.15, 0.2) is 0 Å². The third-order valence-electron chi connectivity index (χ3n) is 3.29. The second-order valence-corrected chi connectivity index (χ2v) is 5.54. The number of carboxylic acids is 1. The first kappa shape index (κ1) is 21.8. The highest BCUT2D eigenvalue weighted by Gasteiger charge is 2.27. The third kappa shape index (κ3) is 9.06. The quantitative estimate of drug-likeness (QED) is 0.216. The number of amides is 3. The van der Waals surface area contributed by atoms with Gasteiger partial charge in [0.2, 0.25) is 17.7 Å². The first-order valence-electron chi connectivity index (χ1n) is 7.76. The van der Waals surface area contributed by atoms with E-state index in [1.165, 1.54) is 6.92 Å². The van der Waals surface area contributed by atoms with Crippen LogP contribution in [0.1, 0.15) is 39.0 Å². The molecule has 3 atom stereocenters. The highest BCUT2D eigenvalue weighted by atomic mass is 16.4. The smallest absolute Gasteiger partial charge is 0.326 e. The van der Waals surface area contributed by atoms with Crippen molar-refractivity contribution in [1.82, 2.24) is 10.6 Å². The van der Waals surface area contributed by atoms with Crippen molar-refractivity contribution >= 4 is 23.7 Å². The summed E-state index contributed by atoms with van der Waals surface area (Å²) >= 11 is 0. The maximum Gasteiger partial charge on any atom is 0.326 e. The summed E-state index contributed by atoms with van der Waals surface area (Å²) in [6.45, 7) is 1.91. The number of carboxylic acid groups (broad SMARTS) is 1. The Labute approximate surface area is 140 Å². The zero-order chi connectivity index (χ0) is 18.7. The van der Waals surface area contributed by atoms with E-state index in [4.69, 9.17) is 22.3 Å². The van der Waals surface area contributed by atoms with Crippen LogP contribution in [-0.2, 0) is 19.2 Å². The number of carbonyl (C=O) groups excluding carboxylic acids is 3. The van der Waals surface area contributed by atoms with Gasteiger partial charge in [-0.3, -0.25) is 14.4 Å². The molecular weight excluding hydrogens is 318 g/mol. The summed E-state index contributed by atoms with van der Waals surface area (Å²) < 4.78 is 0. The largest absolute Gasteiger partial charge is 0.480 e. The Kier molecular flexibility index (Phi) is 10.3. The molecule has 0 saturated heterocycles. The van der Waals surface area contributed by atoms with E-state index in [1.807, 2.05) is 0 Å². The van der Waals surface area contributed by atoms with Gasteiger partial charge < -0.3 is 32.9 Å². The average Bonchev–Trinajstić information content (AvgIpc) is 2.49. The van der Waals surface area contributed by atoms with Gasteiger partial charge in [-0.1, -0.05) is 0 Å². The summed E-state index contributed by atoms with van der Waals surface area (Å²) in [5.74, 6) is -3.13. The third-order valence-corrected chi connectivity index (χ3v) is 3.29. The van der Waals surface area contributed by atoms with Crippen LogP contribution in [0.3, 0.4) is 0 Å². The van der Waals surface area contributed by atoms with Crippen LogP contribution < -0.4 is 27.8 Å². The number of carbonyl (C=O) groups is 4. The minimum atomic E-state index is -1.29. The molecule has 0 rings (SSSR count). The Balaban J connectivity index is 4.87. The number of unbranched alkanes of at least 4 members (excludes halogenated alkanes) is 1. The number of nitrogens with two attached hydrogens (primary N) is 3. The molecule has 9 N–H and O–H groups in total. The molecule has 0 aliphatic heterocycles. The van der Waals surface area contributed by atoms with E-state index in [2.05, 4.69) is 10.6 Å². The van der Waals surface area contributed by atoms with Crippen molar-refractivity contribution in [2.75, 3.05) is 6.54 Å². The zero-order valence-corrected chi connectivity index (χ0v) is 13.8. The molecule has 0 fully saturated rings. The lowest BCUT2D eigenvalue weighted by Gasteiger charge is -2.22. The molecule has 0 unspecified atom stereocenters. The fourth-order valence-corrected chi connectivity index (χ4v) is 1.88. The van der Waals surface area contributed by atoms with Gasteiger partial charge in [0.1, 0.15) is 12.1 Å². The second kappa shape index (κ2) is 11.4. The van der Waals surface area contributed by atoms with Crippen molar-refractivity contribution in [2.24, 2.45) is 17.2 Å². The molecule has 138 valence electrons. The summed E-state index contributed by atoms with van der Waals surface area (Å²) in [6, 6.07) is -3.00. The minimum absolute atomic E-state index is 0.132. The van der Waals surface area contributed by atoms with E-state index in [0.717, 1.165) is 0 Å². The lowest BCUT2D eigenvalue weighted by atomic mass is 10.1. The van der Waals surface area contributed by atoms with Crippen LogP contribution in [0, 0.1) is 0 Å². The van der Waals surface area contributed by atoms with Crippen molar-refractivity contribution in [3.05, 3.63) is 0 Å². The van der Waals surface area contributed by atoms with E-state index in [1.54, 1.807) is 0 Å². The van der Waals surface area contributed by atoms with Crippen molar-refractivity contribution in [1.29, 1.82) is 0 Å². The molecule has 0 aliphatic carbocycles. The minimum Gasteiger partial charge on any atom is -0.480 e. The van der Waals surface area contributed by atoms with Crippen LogP contribution in [0.5, 0.6) is 0 Å². The first-order chi connectivity index (χ1) is 11.2. The predicted octanol–water partition coefficient (Wildman–Crippen LogP) is -2.22. The Bertz CT molecular complexity index is 455. The molecule has 24 heavy (non-hydrogen) atoms.